The highest BCUT2D eigenvalue weighted by Crippen LogP contribution is 2.05. The van der Waals surface area contributed by atoms with Crippen LogP contribution in [0.15, 0.2) is 24.3 Å². The molecule has 0 aromatic heterocycles. The van der Waals surface area contributed by atoms with Gasteiger partial charge in [0.15, 0.2) is 0 Å². The number of ether oxygens (including phenoxy) is 2. The van der Waals surface area contributed by atoms with E-state index in [1.54, 1.807) is 6.92 Å². The molecule has 0 heterocycles. The number of esters is 2. The zero-order valence-corrected chi connectivity index (χ0v) is 10.5. The molecule has 2 N–H and O–H groups in total. The summed E-state index contributed by atoms with van der Waals surface area (Å²) in [5.74, 6) is -1.04. The first-order chi connectivity index (χ1) is 7.65. The first kappa shape index (κ1) is 15.4. The van der Waals surface area contributed by atoms with Crippen LogP contribution in [-0.2, 0) is 19.1 Å². The lowest BCUT2D eigenvalue weighted by molar-refractivity contribution is -0.144. The standard InChI is InChI=1S/C12H19NO4/c1-8(2)10(14)16-6-12(5,13)7-17-11(15)9(3)4/h1,3,6-7,13H2,2,4-5H3. The fourth-order valence-corrected chi connectivity index (χ4v) is 0.749. The minimum absolute atomic E-state index is 0.0534. The van der Waals surface area contributed by atoms with E-state index in [0.29, 0.717) is 11.1 Å². The van der Waals surface area contributed by atoms with Crippen molar-refractivity contribution in [2.75, 3.05) is 13.2 Å². The van der Waals surface area contributed by atoms with E-state index in [1.165, 1.54) is 13.8 Å². The van der Waals surface area contributed by atoms with Crippen molar-refractivity contribution in [3.8, 4) is 0 Å². The molecule has 0 amide bonds. The number of carbonyl (C=O) groups excluding carboxylic acids is 2. The van der Waals surface area contributed by atoms with Crippen molar-refractivity contribution in [1.82, 2.24) is 0 Å². The smallest absolute Gasteiger partial charge is 0.333 e. The zero-order chi connectivity index (χ0) is 13.6. The Balaban J connectivity index is 4.12. The van der Waals surface area contributed by atoms with Gasteiger partial charge in [-0.15, -0.1) is 0 Å². The highest BCUT2D eigenvalue weighted by Gasteiger charge is 2.23. The summed E-state index contributed by atoms with van der Waals surface area (Å²) >= 11 is 0. The Bertz CT molecular complexity index is 312. The molecule has 0 aromatic carbocycles. The van der Waals surface area contributed by atoms with Gasteiger partial charge in [-0.25, -0.2) is 9.59 Å². The van der Waals surface area contributed by atoms with Crippen molar-refractivity contribution < 1.29 is 19.1 Å². The van der Waals surface area contributed by atoms with E-state index < -0.39 is 17.5 Å². The molecule has 0 aliphatic heterocycles. The van der Waals surface area contributed by atoms with Gasteiger partial charge in [0.05, 0.1) is 5.54 Å². The molecule has 0 fully saturated rings. The molecule has 0 saturated carbocycles. The lowest BCUT2D eigenvalue weighted by atomic mass is 10.1. The maximum absolute atomic E-state index is 11.1. The van der Waals surface area contributed by atoms with Gasteiger partial charge < -0.3 is 15.2 Å². The molecule has 0 aliphatic rings. The van der Waals surface area contributed by atoms with Gasteiger partial charge in [0.25, 0.3) is 0 Å². The van der Waals surface area contributed by atoms with E-state index in [2.05, 4.69) is 13.2 Å². The number of hydrogen-bond acceptors (Lipinski definition) is 5. The summed E-state index contributed by atoms with van der Waals surface area (Å²) in [4.78, 5) is 22.3. The summed E-state index contributed by atoms with van der Waals surface area (Å²) < 4.78 is 9.77. The minimum atomic E-state index is -0.934. The van der Waals surface area contributed by atoms with Gasteiger partial charge in [-0.2, -0.15) is 0 Å². The topological polar surface area (TPSA) is 78.6 Å². The number of carbonyl (C=O) groups is 2. The third-order valence-electron chi connectivity index (χ3n) is 1.76. The molecule has 96 valence electrons. The second-order valence-corrected chi connectivity index (χ2v) is 4.37. The summed E-state index contributed by atoms with van der Waals surface area (Å²) in [6, 6.07) is 0. The van der Waals surface area contributed by atoms with Crippen LogP contribution < -0.4 is 5.73 Å². The number of rotatable bonds is 6. The highest BCUT2D eigenvalue weighted by molar-refractivity contribution is 5.87. The van der Waals surface area contributed by atoms with Crippen LogP contribution in [0.2, 0.25) is 0 Å². The average molecular weight is 241 g/mol. The Hall–Kier alpha value is -1.62. The lowest BCUT2D eigenvalue weighted by Crippen LogP contribution is -2.47. The van der Waals surface area contributed by atoms with E-state index in [4.69, 9.17) is 15.2 Å². The third kappa shape index (κ3) is 6.52. The maximum atomic E-state index is 11.1. The van der Waals surface area contributed by atoms with Gasteiger partial charge in [0.2, 0.25) is 0 Å². The van der Waals surface area contributed by atoms with Gasteiger partial charge in [-0.05, 0) is 20.8 Å². The van der Waals surface area contributed by atoms with E-state index in [0.717, 1.165) is 0 Å². The molecule has 5 nitrogen and oxygen atoms in total. The summed E-state index contributed by atoms with van der Waals surface area (Å²) in [6.07, 6.45) is 0. The van der Waals surface area contributed by atoms with E-state index in [9.17, 15) is 9.59 Å². The first-order valence-corrected chi connectivity index (χ1v) is 5.10. The quantitative estimate of drug-likeness (QED) is 0.553. The van der Waals surface area contributed by atoms with Gasteiger partial charge in [-0.3, -0.25) is 0 Å². The molecule has 0 aliphatic carbocycles. The average Bonchev–Trinajstić information content (AvgIpc) is 2.22. The molecule has 0 atom stereocenters. The Morgan fingerprint density at radius 1 is 1.06 bits per heavy atom. The van der Waals surface area contributed by atoms with Crippen molar-refractivity contribution in [1.29, 1.82) is 0 Å². The zero-order valence-electron chi connectivity index (χ0n) is 10.5. The molecule has 0 bridgehead atoms. The normalized spacial score (nSPS) is 10.6. The van der Waals surface area contributed by atoms with Gasteiger partial charge in [0.1, 0.15) is 13.2 Å². The summed E-state index contributed by atoms with van der Waals surface area (Å²) in [6.45, 7) is 11.5. The molecule has 0 unspecified atom stereocenters. The number of nitrogens with two attached hydrogens (primary N) is 1. The Morgan fingerprint density at radius 2 is 1.35 bits per heavy atom. The second-order valence-electron chi connectivity index (χ2n) is 4.37. The molecule has 0 spiro atoms. The molecular weight excluding hydrogens is 222 g/mol. The molecular formula is C12H19NO4. The van der Waals surface area contributed by atoms with Crippen molar-refractivity contribution >= 4 is 11.9 Å². The highest BCUT2D eigenvalue weighted by atomic mass is 16.5. The predicted molar refractivity (Wildman–Crippen MR) is 64.1 cm³/mol. The van der Waals surface area contributed by atoms with Crippen LogP contribution in [0.3, 0.4) is 0 Å². The SMILES string of the molecule is C=C(C)C(=O)OCC(C)(N)COC(=O)C(=C)C. The van der Waals surface area contributed by atoms with E-state index >= 15 is 0 Å². The molecule has 0 rings (SSSR count). The molecule has 5 heteroatoms. The van der Waals surface area contributed by atoms with Crippen molar-refractivity contribution in [2.24, 2.45) is 5.73 Å². The molecule has 0 aromatic rings. The van der Waals surface area contributed by atoms with Crippen LogP contribution >= 0.6 is 0 Å². The fraction of sp³-hybridized carbons (Fsp3) is 0.500. The van der Waals surface area contributed by atoms with Gasteiger partial charge in [0, 0.05) is 11.1 Å². The van der Waals surface area contributed by atoms with Crippen LogP contribution in [0.5, 0.6) is 0 Å². The van der Waals surface area contributed by atoms with Crippen LogP contribution in [0.1, 0.15) is 20.8 Å². The largest absolute Gasteiger partial charge is 0.460 e. The minimum Gasteiger partial charge on any atom is -0.460 e. The van der Waals surface area contributed by atoms with E-state index in [1.807, 2.05) is 0 Å². The third-order valence-corrected chi connectivity index (χ3v) is 1.76. The molecule has 0 radical (unpaired) electrons. The lowest BCUT2D eigenvalue weighted by Gasteiger charge is -2.23. The Kier molecular flexibility index (Phi) is 5.61. The Morgan fingerprint density at radius 3 is 1.59 bits per heavy atom. The Labute approximate surface area is 101 Å². The van der Waals surface area contributed by atoms with Crippen LogP contribution in [0.25, 0.3) is 0 Å². The van der Waals surface area contributed by atoms with Gasteiger partial charge in [-0.1, -0.05) is 13.2 Å². The fourth-order valence-electron chi connectivity index (χ4n) is 0.749. The molecule has 0 saturated heterocycles. The first-order valence-electron chi connectivity index (χ1n) is 5.10. The van der Waals surface area contributed by atoms with E-state index in [-0.39, 0.29) is 13.2 Å². The van der Waals surface area contributed by atoms with Crippen LogP contribution in [0.4, 0.5) is 0 Å². The van der Waals surface area contributed by atoms with Crippen molar-refractivity contribution in [3.05, 3.63) is 24.3 Å². The van der Waals surface area contributed by atoms with Crippen LogP contribution in [0, 0.1) is 0 Å². The van der Waals surface area contributed by atoms with Crippen molar-refractivity contribution in [2.45, 2.75) is 26.3 Å². The molecule has 17 heavy (non-hydrogen) atoms. The van der Waals surface area contributed by atoms with Crippen LogP contribution in [-0.4, -0.2) is 30.7 Å². The maximum Gasteiger partial charge on any atom is 0.333 e. The second kappa shape index (κ2) is 6.20. The predicted octanol–water partition coefficient (Wildman–Crippen LogP) is 0.942. The summed E-state index contributed by atoms with van der Waals surface area (Å²) in [5, 5.41) is 0. The van der Waals surface area contributed by atoms with Gasteiger partial charge >= 0.3 is 11.9 Å². The van der Waals surface area contributed by atoms with Crippen molar-refractivity contribution in [3.63, 3.8) is 0 Å². The number of hydrogen-bond donors (Lipinski definition) is 1. The monoisotopic (exact) mass is 241 g/mol. The summed E-state index contributed by atoms with van der Waals surface area (Å²) in [7, 11) is 0. The summed E-state index contributed by atoms with van der Waals surface area (Å²) in [5.41, 5.74) is 5.45.